The lowest BCUT2D eigenvalue weighted by atomic mass is 9.88. The SMILES string of the molecule is CCN(Cc1ccccc1)C(=O)Cn1nc(C(=O)C(C)(C)C)c2ccc(OC)cc21. The molecule has 2 aromatic carbocycles. The zero-order valence-electron chi connectivity index (χ0n) is 18.3. The van der Waals surface area contributed by atoms with Crippen molar-refractivity contribution < 1.29 is 14.3 Å². The maximum absolute atomic E-state index is 13.1. The van der Waals surface area contributed by atoms with Gasteiger partial charge in [-0.05, 0) is 24.6 Å². The van der Waals surface area contributed by atoms with Gasteiger partial charge in [0.25, 0.3) is 0 Å². The third-order valence-electron chi connectivity index (χ3n) is 5.09. The summed E-state index contributed by atoms with van der Waals surface area (Å²) < 4.78 is 6.96. The fraction of sp³-hybridized carbons (Fsp3) is 0.375. The second kappa shape index (κ2) is 8.69. The Morgan fingerprint density at radius 2 is 1.80 bits per heavy atom. The van der Waals surface area contributed by atoms with Gasteiger partial charge >= 0.3 is 0 Å². The highest BCUT2D eigenvalue weighted by atomic mass is 16.5. The molecular formula is C24H29N3O3. The average Bonchev–Trinajstić information content (AvgIpc) is 3.08. The molecule has 3 aromatic rings. The van der Waals surface area contributed by atoms with Crippen molar-refractivity contribution in [2.45, 2.75) is 40.8 Å². The van der Waals surface area contributed by atoms with Crippen molar-refractivity contribution in [3.63, 3.8) is 0 Å². The third-order valence-corrected chi connectivity index (χ3v) is 5.09. The first-order valence-electron chi connectivity index (χ1n) is 10.2. The van der Waals surface area contributed by atoms with Crippen molar-refractivity contribution in [2.75, 3.05) is 13.7 Å². The number of nitrogens with zero attached hydrogens (tertiary/aromatic N) is 3. The lowest BCUT2D eigenvalue weighted by molar-refractivity contribution is -0.132. The molecule has 0 saturated heterocycles. The van der Waals surface area contributed by atoms with E-state index in [-0.39, 0.29) is 18.2 Å². The van der Waals surface area contributed by atoms with Crippen molar-refractivity contribution in [3.05, 3.63) is 59.8 Å². The van der Waals surface area contributed by atoms with Crippen LogP contribution in [0.15, 0.2) is 48.5 Å². The number of carbonyl (C=O) groups is 2. The molecule has 0 spiro atoms. The maximum atomic E-state index is 13.1. The van der Waals surface area contributed by atoms with Gasteiger partial charge < -0.3 is 9.64 Å². The van der Waals surface area contributed by atoms with Crippen LogP contribution in [0.25, 0.3) is 10.9 Å². The molecule has 0 N–H and O–H groups in total. The van der Waals surface area contributed by atoms with Gasteiger partial charge in [0.1, 0.15) is 18.0 Å². The summed E-state index contributed by atoms with van der Waals surface area (Å²) in [6, 6.07) is 15.4. The molecule has 6 heteroatoms. The Bertz CT molecular complexity index is 1050. The predicted molar refractivity (Wildman–Crippen MR) is 118 cm³/mol. The summed E-state index contributed by atoms with van der Waals surface area (Å²) in [5.41, 5.74) is 1.60. The van der Waals surface area contributed by atoms with E-state index in [9.17, 15) is 9.59 Å². The first-order chi connectivity index (χ1) is 14.2. The molecule has 3 rings (SSSR count). The van der Waals surface area contributed by atoms with Crippen LogP contribution in [0.1, 0.15) is 43.7 Å². The Morgan fingerprint density at radius 3 is 2.40 bits per heavy atom. The van der Waals surface area contributed by atoms with Gasteiger partial charge in [0.05, 0.1) is 12.6 Å². The van der Waals surface area contributed by atoms with Gasteiger partial charge in [0.2, 0.25) is 5.91 Å². The summed E-state index contributed by atoms with van der Waals surface area (Å²) in [7, 11) is 1.59. The normalized spacial score (nSPS) is 11.5. The number of rotatable bonds is 7. The molecule has 0 radical (unpaired) electrons. The van der Waals surface area contributed by atoms with E-state index < -0.39 is 5.41 Å². The predicted octanol–water partition coefficient (Wildman–Crippen LogP) is 4.32. The van der Waals surface area contributed by atoms with E-state index in [1.165, 1.54) is 0 Å². The molecule has 0 bridgehead atoms. The van der Waals surface area contributed by atoms with E-state index in [0.29, 0.717) is 30.0 Å². The van der Waals surface area contributed by atoms with Gasteiger partial charge in [-0.3, -0.25) is 14.3 Å². The summed E-state index contributed by atoms with van der Waals surface area (Å²) in [4.78, 5) is 27.8. The molecule has 1 aromatic heterocycles. The number of methoxy groups -OCH3 is 1. The minimum absolute atomic E-state index is 0.0525. The second-order valence-corrected chi connectivity index (χ2v) is 8.36. The molecule has 1 heterocycles. The van der Waals surface area contributed by atoms with Crippen LogP contribution < -0.4 is 4.74 Å². The van der Waals surface area contributed by atoms with Gasteiger partial charge in [-0.15, -0.1) is 0 Å². The lowest BCUT2D eigenvalue weighted by Gasteiger charge is -2.21. The molecule has 1 amide bonds. The number of carbonyl (C=O) groups excluding carboxylic acids is 2. The smallest absolute Gasteiger partial charge is 0.244 e. The Hall–Kier alpha value is -3.15. The van der Waals surface area contributed by atoms with Crippen LogP contribution in [-0.4, -0.2) is 40.0 Å². The topological polar surface area (TPSA) is 64.4 Å². The van der Waals surface area contributed by atoms with Gasteiger partial charge in [0, 0.05) is 30.0 Å². The van der Waals surface area contributed by atoms with Crippen LogP contribution in [0, 0.1) is 5.41 Å². The van der Waals surface area contributed by atoms with Gasteiger partial charge in [-0.1, -0.05) is 51.1 Å². The van der Waals surface area contributed by atoms with Crippen molar-refractivity contribution in [1.29, 1.82) is 0 Å². The average molecular weight is 408 g/mol. The van der Waals surface area contributed by atoms with Crippen molar-refractivity contribution in [1.82, 2.24) is 14.7 Å². The number of amides is 1. The molecule has 0 aliphatic carbocycles. The fourth-order valence-corrected chi connectivity index (χ4v) is 3.33. The quantitative estimate of drug-likeness (QED) is 0.547. The molecule has 0 aliphatic heterocycles. The number of fused-ring (bicyclic) bond motifs is 1. The number of hydrogen-bond acceptors (Lipinski definition) is 4. The zero-order valence-corrected chi connectivity index (χ0v) is 18.3. The highest BCUT2D eigenvalue weighted by Gasteiger charge is 2.28. The maximum Gasteiger partial charge on any atom is 0.244 e. The Labute approximate surface area is 177 Å². The van der Waals surface area contributed by atoms with Crippen LogP contribution >= 0.6 is 0 Å². The highest BCUT2D eigenvalue weighted by molar-refractivity contribution is 6.08. The van der Waals surface area contributed by atoms with Gasteiger partial charge in [-0.2, -0.15) is 5.10 Å². The molecule has 0 unspecified atom stereocenters. The zero-order chi connectivity index (χ0) is 21.9. The minimum atomic E-state index is -0.571. The van der Waals surface area contributed by atoms with E-state index in [0.717, 1.165) is 10.9 Å². The minimum Gasteiger partial charge on any atom is -0.497 e. The molecular weight excluding hydrogens is 378 g/mol. The van der Waals surface area contributed by atoms with Gasteiger partial charge in [0.15, 0.2) is 5.78 Å². The van der Waals surface area contributed by atoms with Crippen LogP contribution in [0.3, 0.4) is 0 Å². The number of aromatic nitrogens is 2. The van der Waals surface area contributed by atoms with Crippen LogP contribution in [-0.2, 0) is 17.9 Å². The molecule has 30 heavy (non-hydrogen) atoms. The van der Waals surface area contributed by atoms with E-state index in [2.05, 4.69) is 5.10 Å². The standard InChI is InChI=1S/C24H29N3O3/c1-6-26(15-17-10-8-7-9-11-17)21(28)16-27-20-14-18(30-5)12-13-19(20)22(25-27)23(29)24(2,3)4/h7-14H,6,15-16H2,1-5H3. The molecule has 0 saturated carbocycles. The molecule has 158 valence electrons. The van der Waals surface area contributed by atoms with E-state index in [1.54, 1.807) is 16.7 Å². The largest absolute Gasteiger partial charge is 0.497 e. The lowest BCUT2D eigenvalue weighted by Crippen LogP contribution is -2.33. The van der Waals surface area contributed by atoms with Crippen LogP contribution in [0.5, 0.6) is 5.75 Å². The van der Waals surface area contributed by atoms with Gasteiger partial charge in [-0.25, -0.2) is 0 Å². The molecule has 0 atom stereocenters. The fourth-order valence-electron chi connectivity index (χ4n) is 3.33. The van der Waals surface area contributed by atoms with Crippen molar-refractivity contribution in [2.24, 2.45) is 5.41 Å². The number of Topliss-reactive ketones (excluding diaryl/α,β-unsaturated/α-hetero) is 1. The van der Waals surface area contributed by atoms with Crippen molar-refractivity contribution >= 4 is 22.6 Å². The van der Waals surface area contributed by atoms with E-state index in [4.69, 9.17) is 4.74 Å². The summed E-state index contributed by atoms with van der Waals surface area (Å²) in [5.74, 6) is 0.548. The number of ketones is 1. The Kier molecular flexibility index (Phi) is 6.25. The second-order valence-electron chi connectivity index (χ2n) is 8.36. The number of likely N-dealkylation sites (N-methyl/N-ethyl adjacent to an activating group) is 1. The van der Waals surface area contributed by atoms with E-state index in [1.807, 2.05) is 76.2 Å². The van der Waals surface area contributed by atoms with Crippen LogP contribution in [0.4, 0.5) is 0 Å². The Balaban J connectivity index is 1.96. The third kappa shape index (κ3) is 4.53. The number of benzene rings is 2. The number of ether oxygens (including phenoxy) is 1. The Morgan fingerprint density at radius 1 is 1.10 bits per heavy atom. The monoisotopic (exact) mass is 407 g/mol. The molecule has 0 aliphatic rings. The molecule has 6 nitrogen and oxygen atoms in total. The summed E-state index contributed by atoms with van der Waals surface area (Å²) in [6.45, 7) is 8.74. The van der Waals surface area contributed by atoms with Crippen molar-refractivity contribution in [3.8, 4) is 5.75 Å². The summed E-state index contributed by atoms with van der Waals surface area (Å²) in [5, 5.41) is 5.29. The highest BCUT2D eigenvalue weighted by Crippen LogP contribution is 2.29. The summed E-state index contributed by atoms with van der Waals surface area (Å²) in [6.07, 6.45) is 0. The summed E-state index contributed by atoms with van der Waals surface area (Å²) >= 11 is 0. The first-order valence-corrected chi connectivity index (χ1v) is 10.2. The van der Waals surface area contributed by atoms with E-state index >= 15 is 0 Å². The van der Waals surface area contributed by atoms with Crippen LogP contribution in [0.2, 0.25) is 0 Å². The molecule has 0 fully saturated rings. The number of hydrogen-bond donors (Lipinski definition) is 0. The first kappa shape index (κ1) is 21.6.